The summed E-state index contributed by atoms with van der Waals surface area (Å²) in [6, 6.07) is 10.6. The molecule has 0 radical (unpaired) electrons. The third kappa shape index (κ3) is 3.41. The predicted molar refractivity (Wildman–Crippen MR) is 83.5 cm³/mol. The summed E-state index contributed by atoms with van der Waals surface area (Å²) in [6.07, 6.45) is 1.67. The van der Waals surface area contributed by atoms with E-state index in [-0.39, 0.29) is 5.91 Å². The molecule has 0 saturated heterocycles. The van der Waals surface area contributed by atoms with Crippen molar-refractivity contribution < 1.29 is 14.3 Å². The molecule has 2 rings (SSSR count). The molecule has 0 saturated carbocycles. The molecule has 0 aliphatic carbocycles. The Balaban J connectivity index is 2.20. The number of nitrogens with zero attached hydrogens (tertiary/aromatic N) is 2. The molecule has 1 N–H and O–H groups in total. The Hall–Kier alpha value is -2.89. The molecular weight excluding hydrogens is 282 g/mol. The number of ether oxygens (including phenoxy) is 2. The molecule has 6 nitrogen and oxygen atoms in total. The smallest absolute Gasteiger partial charge is 0.275 e. The molecule has 1 aromatic heterocycles. The van der Waals surface area contributed by atoms with E-state index < -0.39 is 0 Å². The third-order valence-corrected chi connectivity index (χ3v) is 3.01. The van der Waals surface area contributed by atoms with Crippen LogP contribution in [0.25, 0.3) is 0 Å². The standard InChI is InChI=1S/C16H17N3O3/c1-11(13-8-4-5-10-17-13)18-19-16(20)12-7-6-9-14(21-2)15(12)22-3/h4-10H,1-3H3,(H,19,20). The molecule has 1 heterocycles. The van der Waals surface area contributed by atoms with Gasteiger partial charge in [0, 0.05) is 6.20 Å². The van der Waals surface area contributed by atoms with Crippen molar-refractivity contribution in [1.82, 2.24) is 10.4 Å². The maximum absolute atomic E-state index is 12.3. The van der Waals surface area contributed by atoms with Crippen LogP contribution in [0, 0.1) is 0 Å². The van der Waals surface area contributed by atoms with Gasteiger partial charge in [0.25, 0.3) is 5.91 Å². The third-order valence-electron chi connectivity index (χ3n) is 3.01. The van der Waals surface area contributed by atoms with Crippen LogP contribution in [0.1, 0.15) is 23.0 Å². The average molecular weight is 299 g/mol. The van der Waals surface area contributed by atoms with Crippen LogP contribution in [0.15, 0.2) is 47.7 Å². The first-order valence-electron chi connectivity index (χ1n) is 6.64. The van der Waals surface area contributed by atoms with Gasteiger partial charge in [-0.1, -0.05) is 12.1 Å². The van der Waals surface area contributed by atoms with Gasteiger partial charge >= 0.3 is 0 Å². The highest BCUT2D eigenvalue weighted by molar-refractivity contribution is 6.01. The number of aromatic nitrogens is 1. The molecule has 0 fully saturated rings. The maximum Gasteiger partial charge on any atom is 0.275 e. The summed E-state index contributed by atoms with van der Waals surface area (Å²) in [4.78, 5) is 16.4. The molecule has 1 amide bonds. The fourth-order valence-corrected chi connectivity index (χ4v) is 1.89. The molecule has 0 aliphatic heterocycles. The molecule has 6 heteroatoms. The topological polar surface area (TPSA) is 72.8 Å². The van der Waals surface area contributed by atoms with E-state index in [2.05, 4.69) is 15.5 Å². The fraction of sp³-hybridized carbons (Fsp3) is 0.188. The number of carbonyl (C=O) groups excluding carboxylic acids is 1. The molecule has 0 unspecified atom stereocenters. The van der Waals surface area contributed by atoms with Gasteiger partial charge < -0.3 is 9.47 Å². The van der Waals surface area contributed by atoms with Crippen LogP contribution in [-0.4, -0.2) is 30.8 Å². The van der Waals surface area contributed by atoms with Gasteiger partial charge in [0.2, 0.25) is 0 Å². The number of amides is 1. The minimum absolute atomic E-state index is 0.347. The zero-order chi connectivity index (χ0) is 15.9. The Labute approximate surface area is 128 Å². The SMILES string of the molecule is COc1cccc(C(=O)NN=C(C)c2ccccn2)c1OC. The van der Waals surface area contributed by atoms with E-state index >= 15 is 0 Å². The second kappa shape index (κ2) is 7.21. The number of methoxy groups -OCH3 is 2. The van der Waals surface area contributed by atoms with Crippen LogP contribution in [-0.2, 0) is 0 Å². The van der Waals surface area contributed by atoms with Crippen molar-refractivity contribution in [3.8, 4) is 11.5 Å². The van der Waals surface area contributed by atoms with Gasteiger partial charge in [0.15, 0.2) is 11.5 Å². The summed E-state index contributed by atoms with van der Waals surface area (Å²) in [7, 11) is 3.00. The first-order chi connectivity index (χ1) is 10.7. The van der Waals surface area contributed by atoms with Crippen molar-refractivity contribution in [3.05, 3.63) is 53.9 Å². The van der Waals surface area contributed by atoms with E-state index in [0.29, 0.717) is 28.5 Å². The molecule has 114 valence electrons. The van der Waals surface area contributed by atoms with E-state index in [1.165, 1.54) is 14.2 Å². The summed E-state index contributed by atoms with van der Waals surface area (Å²) in [5.74, 6) is 0.472. The summed E-state index contributed by atoms with van der Waals surface area (Å²) in [5.41, 5.74) is 4.15. The van der Waals surface area contributed by atoms with Gasteiger partial charge in [0.05, 0.1) is 31.2 Å². The zero-order valence-electron chi connectivity index (χ0n) is 12.7. The fourth-order valence-electron chi connectivity index (χ4n) is 1.89. The highest BCUT2D eigenvalue weighted by Crippen LogP contribution is 2.30. The van der Waals surface area contributed by atoms with Crippen LogP contribution in [0.3, 0.4) is 0 Å². The number of carbonyl (C=O) groups is 1. The molecule has 0 aliphatic rings. The number of hydrogen-bond donors (Lipinski definition) is 1. The molecule has 0 bridgehead atoms. The normalized spacial score (nSPS) is 11.0. The summed E-state index contributed by atoms with van der Waals surface area (Å²) < 4.78 is 10.4. The van der Waals surface area contributed by atoms with Crippen molar-refractivity contribution in [3.63, 3.8) is 0 Å². The van der Waals surface area contributed by atoms with Crippen molar-refractivity contribution in [2.75, 3.05) is 14.2 Å². The lowest BCUT2D eigenvalue weighted by Crippen LogP contribution is -2.20. The minimum Gasteiger partial charge on any atom is -0.493 e. The van der Waals surface area contributed by atoms with E-state index in [9.17, 15) is 4.79 Å². The van der Waals surface area contributed by atoms with Crippen molar-refractivity contribution in [1.29, 1.82) is 0 Å². The predicted octanol–water partition coefficient (Wildman–Crippen LogP) is 2.25. The van der Waals surface area contributed by atoms with Gasteiger partial charge in [-0.15, -0.1) is 0 Å². The number of hydrogen-bond acceptors (Lipinski definition) is 5. The Bertz CT molecular complexity index is 684. The molecule has 0 atom stereocenters. The quantitative estimate of drug-likeness (QED) is 0.679. The van der Waals surface area contributed by atoms with Gasteiger partial charge in [-0.25, -0.2) is 5.43 Å². The van der Waals surface area contributed by atoms with Crippen LogP contribution < -0.4 is 14.9 Å². The van der Waals surface area contributed by atoms with Crippen LogP contribution >= 0.6 is 0 Å². The lowest BCUT2D eigenvalue weighted by atomic mass is 10.2. The first-order valence-corrected chi connectivity index (χ1v) is 6.64. The van der Waals surface area contributed by atoms with Gasteiger partial charge in [-0.2, -0.15) is 5.10 Å². The molecule has 1 aromatic carbocycles. The Morgan fingerprint density at radius 3 is 2.59 bits per heavy atom. The number of hydrazone groups is 1. The Kier molecular flexibility index (Phi) is 5.08. The summed E-state index contributed by atoms with van der Waals surface area (Å²) >= 11 is 0. The highest BCUT2D eigenvalue weighted by atomic mass is 16.5. The van der Waals surface area contributed by atoms with Gasteiger partial charge in [0.1, 0.15) is 0 Å². The van der Waals surface area contributed by atoms with Gasteiger partial charge in [-0.3, -0.25) is 9.78 Å². The largest absolute Gasteiger partial charge is 0.493 e. The first kappa shape index (κ1) is 15.5. The number of pyridine rings is 1. The molecule has 22 heavy (non-hydrogen) atoms. The van der Waals surface area contributed by atoms with E-state index in [0.717, 1.165) is 0 Å². The van der Waals surface area contributed by atoms with E-state index in [1.54, 1.807) is 31.3 Å². The Morgan fingerprint density at radius 1 is 1.14 bits per heavy atom. The number of para-hydroxylation sites is 1. The van der Waals surface area contributed by atoms with Crippen LogP contribution in [0.5, 0.6) is 11.5 Å². The van der Waals surface area contributed by atoms with Crippen LogP contribution in [0.4, 0.5) is 0 Å². The summed E-state index contributed by atoms with van der Waals surface area (Å²) in [5, 5.41) is 4.06. The summed E-state index contributed by atoms with van der Waals surface area (Å²) in [6.45, 7) is 1.77. The van der Waals surface area contributed by atoms with E-state index in [1.807, 2.05) is 18.2 Å². The second-order valence-electron chi connectivity index (χ2n) is 4.39. The lowest BCUT2D eigenvalue weighted by molar-refractivity contribution is 0.0951. The molecule has 0 spiro atoms. The lowest BCUT2D eigenvalue weighted by Gasteiger charge is -2.11. The van der Waals surface area contributed by atoms with Gasteiger partial charge in [-0.05, 0) is 31.2 Å². The average Bonchev–Trinajstić information content (AvgIpc) is 2.59. The highest BCUT2D eigenvalue weighted by Gasteiger charge is 2.16. The zero-order valence-corrected chi connectivity index (χ0v) is 12.7. The van der Waals surface area contributed by atoms with Crippen molar-refractivity contribution in [2.45, 2.75) is 6.92 Å². The second-order valence-corrected chi connectivity index (χ2v) is 4.39. The van der Waals surface area contributed by atoms with E-state index in [4.69, 9.17) is 9.47 Å². The maximum atomic E-state index is 12.3. The molecule has 2 aromatic rings. The monoisotopic (exact) mass is 299 g/mol. The van der Waals surface area contributed by atoms with Crippen molar-refractivity contribution >= 4 is 11.6 Å². The number of benzene rings is 1. The minimum atomic E-state index is -0.383. The van der Waals surface area contributed by atoms with Crippen molar-refractivity contribution in [2.24, 2.45) is 5.10 Å². The Morgan fingerprint density at radius 2 is 1.95 bits per heavy atom. The number of nitrogens with one attached hydrogen (secondary N) is 1. The number of rotatable bonds is 5. The molecular formula is C16H17N3O3. The van der Waals surface area contributed by atoms with Crippen LogP contribution in [0.2, 0.25) is 0 Å².